The highest BCUT2D eigenvalue weighted by Crippen LogP contribution is 2.30. The molecule has 0 amide bonds. The standard InChI is InChI=1S/C17H22N4O4/c1-7-11-13(16(22)25-8-2)20-21(14(11)10(3)4)12-9-18-17(24-6)19-15(12)23-5/h7,9-10H,1,8H2,2-6H3. The van der Waals surface area contributed by atoms with Gasteiger partial charge in [0.1, 0.15) is 5.69 Å². The Morgan fingerprint density at radius 3 is 2.60 bits per heavy atom. The second-order valence-corrected chi connectivity index (χ2v) is 5.39. The first-order valence-corrected chi connectivity index (χ1v) is 7.86. The van der Waals surface area contributed by atoms with Gasteiger partial charge < -0.3 is 14.2 Å². The van der Waals surface area contributed by atoms with Crippen LogP contribution in [0.15, 0.2) is 12.8 Å². The summed E-state index contributed by atoms with van der Waals surface area (Å²) < 4.78 is 17.0. The van der Waals surface area contributed by atoms with Crippen LogP contribution in [0.3, 0.4) is 0 Å². The lowest BCUT2D eigenvalue weighted by molar-refractivity contribution is 0.0518. The van der Waals surface area contributed by atoms with Gasteiger partial charge in [-0.05, 0) is 12.8 Å². The number of nitrogens with zero attached hydrogens (tertiary/aromatic N) is 4. The van der Waals surface area contributed by atoms with E-state index in [0.29, 0.717) is 11.3 Å². The third-order valence-electron chi connectivity index (χ3n) is 3.50. The van der Waals surface area contributed by atoms with E-state index < -0.39 is 5.97 Å². The number of hydrogen-bond acceptors (Lipinski definition) is 7. The van der Waals surface area contributed by atoms with Gasteiger partial charge in [0.2, 0.25) is 5.88 Å². The van der Waals surface area contributed by atoms with Crippen molar-refractivity contribution in [1.82, 2.24) is 19.7 Å². The highest BCUT2D eigenvalue weighted by atomic mass is 16.5. The van der Waals surface area contributed by atoms with Gasteiger partial charge in [0.05, 0.1) is 32.7 Å². The maximum Gasteiger partial charge on any atom is 0.359 e. The first-order valence-electron chi connectivity index (χ1n) is 7.86. The number of carbonyl (C=O) groups excluding carboxylic acids is 1. The van der Waals surface area contributed by atoms with Gasteiger partial charge in [-0.15, -0.1) is 0 Å². The van der Waals surface area contributed by atoms with Gasteiger partial charge in [-0.2, -0.15) is 10.1 Å². The first-order chi connectivity index (χ1) is 12.0. The Morgan fingerprint density at radius 1 is 1.36 bits per heavy atom. The molecule has 0 saturated heterocycles. The van der Waals surface area contributed by atoms with Gasteiger partial charge in [-0.3, -0.25) is 0 Å². The molecule has 0 saturated carbocycles. The Bertz CT molecular complexity index is 783. The molecule has 0 atom stereocenters. The predicted octanol–water partition coefficient (Wildman–Crippen LogP) is 2.62. The molecule has 2 heterocycles. The van der Waals surface area contributed by atoms with Crippen LogP contribution in [0.5, 0.6) is 11.9 Å². The molecule has 8 heteroatoms. The Labute approximate surface area is 146 Å². The van der Waals surface area contributed by atoms with Crippen molar-refractivity contribution >= 4 is 12.0 Å². The van der Waals surface area contributed by atoms with Crippen LogP contribution in [0.1, 0.15) is 48.4 Å². The summed E-state index contributed by atoms with van der Waals surface area (Å²) in [5.41, 5.74) is 2.08. The molecule has 2 rings (SSSR count). The van der Waals surface area contributed by atoms with E-state index in [1.54, 1.807) is 17.7 Å². The van der Waals surface area contributed by atoms with Gasteiger partial charge in [-0.1, -0.05) is 26.5 Å². The van der Waals surface area contributed by atoms with Crippen molar-refractivity contribution in [3.8, 4) is 17.6 Å². The smallest absolute Gasteiger partial charge is 0.359 e. The van der Waals surface area contributed by atoms with E-state index in [9.17, 15) is 4.79 Å². The fourth-order valence-corrected chi connectivity index (χ4v) is 2.47. The van der Waals surface area contributed by atoms with E-state index in [2.05, 4.69) is 21.6 Å². The number of rotatable bonds is 7. The van der Waals surface area contributed by atoms with Gasteiger partial charge in [0.15, 0.2) is 5.69 Å². The molecule has 0 spiro atoms. The molecular formula is C17H22N4O4. The third-order valence-corrected chi connectivity index (χ3v) is 3.50. The van der Waals surface area contributed by atoms with Crippen LogP contribution in [0, 0.1) is 0 Å². The van der Waals surface area contributed by atoms with Crippen molar-refractivity contribution in [1.29, 1.82) is 0 Å². The van der Waals surface area contributed by atoms with E-state index in [-0.39, 0.29) is 30.1 Å². The number of carbonyl (C=O) groups is 1. The van der Waals surface area contributed by atoms with Crippen LogP contribution >= 0.6 is 0 Å². The zero-order chi connectivity index (χ0) is 18.6. The van der Waals surface area contributed by atoms with E-state index in [0.717, 1.165) is 5.69 Å². The monoisotopic (exact) mass is 346 g/mol. The Morgan fingerprint density at radius 2 is 2.08 bits per heavy atom. The zero-order valence-electron chi connectivity index (χ0n) is 15.1. The molecule has 134 valence electrons. The minimum Gasteiger partial charge on any atom is -0.479 e. The zero-order valence-corrected chi connectivity index (χ0v) is 15.1. The average molecular weight is 346 g/mol. The fourth-order valence-electron chi connectivity index (χ4n) is 2.47. The summed E-state index contributed by atoms with van der Waals surface area (Å²) in [6, 6.07) is 0.174. The van der Waals surface area contributed by atoms with Gasteiger partial charge in [0, 0.05) is 5.56 Å². The average Bonchev–Trinajstić information content (AvgIpc) is 3.00. The van der Waals surface area contributed by atoms with Crippen LogP contribution in [-0.4, -0.2) is 46.5 Å². The minimum atomic E-state index is -0.508. The molecule has 0 bridgehead atoms. The van der Waals surface area contributed by atoms with Gasteiger partial charge >= 0.3 is 12.0 Å². The molecule has 0 unspecified atom stereocenters. The second-order valence-electron chi connectivity index (χ2n) is 5.39. The molecule has 0 N–H and O–H groups in total. The van der Waals surface area contributed by atoms with Crippen LogP contribution in [0.4, 0.5) is 0 Å². The molecule has 8 nitrogen and oxygen atoms in total. The quantitative estimate of drug-likeness (QED) is 0.712. The van der Waals surface area contributed by atoms with E-state index in [1.807, 2.05) is 13.8 Å². The number of esters is 1. The van der Waals surface area contributed by atoms with E-state index >= 15 is 0 Å². The third kappa shape index (κ3) is 3.47. The van der Waals surface area contributed by atoms with Crippen LogP contribution < -0.4 is 9.47 Å². The Balaban J connectivity index is 2.73. The first kappa shape index (κ1) is 18.4. The van der Waals surface area contributed by atoms with E-state index in [4.69, 9.17) is 14.2 Å². The summed E-state index contributed by atoms with van der Waals surface area (Å²) in [5, 5.41) is 4.43. The summed E-state index contributed by atoms with van der Waals surface area (Å²) in [4.78, 5) is 20.6. The molecule has 0 fully saturated rings. The van der Waals surface area contributed by atoms with Crippen molar-refractivity contribution in [2.45, 2.75) is 26.7 Å². The number of hydrogen-bond donors (Lipinski definition) is 0. The molecule has 0 aliphatic rings. The minimum absolute atomic E-state index is 0.0514. The SMILES string of the molecule is C=Cc1c(C(=O)OCC)nn(-c2cnc(OC)nc2OC)c1C(C)C. The van der Waals surface area contributed by atoms with Crippen molar-refractivity contribution < 1.29 is 19.0 Å². The lowest BCUT2D eigenvalue weighted by Gasteiger charge is -2.13. The maximum absolute atomic E-state index is 12.3. The highest BCUT2D eigenvalue weighted by Gasteiger charge is 2.26. The van der Waals surface area contributed by atoms with Crippen LogP contribution in [0.25, 0.3) is 11.8 Å². The Hall–Kier alpha value is -2.90. The Kier molecular flexibility index (Phi) is 5.74. The topological polar surface area (TPSA) is 88.4 Å². The molecule has 0 aliphatic heterocycles. The normalized spacial score (nSPS) is 10.6. The fraction of sp³-hybridized carbons (Fsp3) is 0.412. The lowest BCUT2D eigenvalue weighted by atomic mass is 10.0. The molecule has 0 aromatic carbocycles. The summed E-state index contributed by atoms with van der Waals surface area (Å²) in [6.45, 7) is 9.80. The molecule has 0 radical (unpaired) electrons. The number of aromatic nitrogens is 4. The van der Waals surface area contributed by atoms with Crippen LogP contribution in [0.2, 0.25) is 0 Å². The lowest BCUT2D eigenvalue weighted by Crippen LogP contribution is -2.10. The summed E-state index contributed by atoms with van der Waals surface area (Å²) >= 11 is 0. The molecule has 25 heavy (non-hydrogen) atoms. The number of methoxy groups -OCH3 is 2. The molecule has 0 aliphatic carbocycles. The van der Waals surface area contributed by atoms with Gasteiger partial charge in [0.25, 0.3) is 0 Å². The van der Waals surface area contributed by atoms with Crippen molar-refractivity contribution in [2.75, 3.05) is 20.8 Å². The molecular weight excluding hydrogens is 324 g/mol. The highest BCUT2D eigenvalue weighted by molar-refractivity contribution is 5.92. The van der Waals surface area contributed by atoms with Gasteiger partial charge in [-0.25, -0.2) is 14.5 Å². The summed E-state index contributed by atoms with van der Waals surface area (Å²) in [7, 11) is 2.96. The molecule has 2 aromatic rings. The van der Waals surface area contributed by atoms with Crippen molar-refractivity contribution in [3.63, 3.8) is 0 Å². The van der Waals surface area contributed by atoms with Crippen molar-refractivity contribution in [2.24, 2.45) is 0 Å². The second kappa shape index (κ2) is 7.78. The maximum atomic E-state index is 12.3. The molecule has 2 aromatic heterocycles. The largest absolute Gasteiger partial charge is 0.479 e. The number of ether oxygens (including phenoxy) is 3. The van der Waals surface area contributed by atoms with Crippen molar-refractivity contribution in [3.05, 3.63) is 29.7 Å². The van der Waals surface area contributed by atoms with Crippen LogP contribution in [-0.2, 0) is 4.74 Å². The summed E-state index contributed by atoms with van der Waals surface area (Å²) in [6.07, 6.45) is 3.13. The summed E-state index contributed by atoms with van der Waals surface area (Å²) in [5.74, 6) is -0.177. The van der Waals surface area contributed by atoms with E-state index in [1.165, 1.54) is 20.4 Å². The predicted molar refractivity (Wildman–Crippen MR) is 92.4 cm³/mol.